The first-order valence-electron chi connectivity index (χ1n) is 9.29. The average molecular weight is 400 g/mol. The average Bonchev–Trinajstić information content (AvgIpc) is 2.77. The Labute approximate surface area is 172 Å². The Hall–Kier alpha value is -2.75. The van der Waals surface area contributed by atoms with Crippen molar-refractivity contribution in [2.24, 2.45) is 0 Å². The first-order chi connectivity index (χ1) is 14.2. The van der Waals surface area contributed by atoms with Gasteiger partial charge in [-0.2, -0.15) is 0 Å². The minimum Gasteiger partial charge on any atom is -0.832 e. The van der Waals surface area contributed by atoms with Crippen LogP contribution in [0.15, 0.2) is 121 Å². The van der Waals surface area contributed by atoms with Gasteiger partial charge in [-0.15, -0.1) is 0 Å². The van der Waals surface area contributed by atoms with Crippen LogP contribution < -0.4 is 26.2 Å². The summed E-state index contributed by atoms with van der Waals surface area (Å²) in [5, 5.41) is 28.3. The molecule has 3 nitrogen and oxygen atoms in total. The van der Waals surface area contributed by atoms with Gasteiger partial charge in [0.2, 0.25) is 0 Å². The number of hydrogen-bond donors (Lipinski definition) is 2. The highest BCUT2D eigenvalue weighted by atomic mass is 31.2. The van der Waals surface area contributed by atoms with Crippen molar-refractivity contribution in [3.05, 3.63) is 121 Å². The van der Waals surface area contributed by atoms with Gasteiger partial charge in [0, 0.05) is 0 Å². The van der Waals surface area contributed by atoms with E-state index in [1.807, 2.05) is 0 Å². The molecule has 0 bridgehead atoms. The SMILES string of the molecule is [O-]B(O)O.c1ccc([P+](c2ccccc2)(c2ccccc2)c2ccccc2)cc1. The summed E-state index contributed by atoms with van der Waals surface area (Å²) in [6.45, 7) is 0. The highest BCUT2D eigenvalue weighted by Gasteiger charge is 2.47. The molecule has 0 aliphatic heterocycles. The van der Waals surface area contributed by atoms with Gasteiger partial charge in [0.1, 0.15) is 28.5 Å². The summed E-state index contributed by atoms with van der Waals surface area (Å²) in [5.41, 5.74) is 0. The molecule has 144 valence electrons. The molecule has 0 atom stereocenters. The largest absolute Gasteiger partial charge is 0.832 e. The van der Waals surface area contributed by atoms with Crippen molar-refractivity contribution in [1.29, 1.82) is 0 Å². The smallest absolute Gasteiger partial charge is 0.339 e. The van der Waals surface area contributed by atoms with Gasteiger partial charge in [0.05, 0.1) is 0 Å². The van der Waals surface area contributed by atoms with Crippen molar-refractivity contribution in [2.75, 3.05) is 0 Å². The summed E-state index contributed by atoms with van der Waals surface area (Å²) in [4.78, 5) is 0. The van der Waals surface area contributed by atoms with Crippen molar-refractivity contribution >= 4 is 35.8 Å². The van der Waals surface area contributed by atoms with Gasteiger partial charge in [0.15, 0.2) is 0 Å². The highest BCUT2D eigenvalue weighted by Crippen LogP contribution is 2.53. The van der Waals surface area contributed by atoms with Crippen LogP contribution in [-0.2, 0) is 0 Å². The fourth-order valence-electron chi connectivity index (χ4n) is 3.50. The van der Waals surface area contributed by atoms with Gasteiger partial charge in [-0.1, -0.05) is 72.8 Å². The summed E-state index contributed by atoms with van der Waals surface area (Å²) in [6, 6.07) is 43.8. The van der Waals surface area contributed by atoms with E-state index in [0.29, 0.717) is 0 Å². The van der Waals surface area contributed by atoms with Crippen LogP contribution in [0.2, 0.25) is 0 Å². The van der Waals surface area contributed by atoms with E-state index < -0.39 is 14.6 Å². The zero-order chi connectivity index (χ0) is 20.5. The van der Waals surface area contributed by atoms with Crippen LogP contribution in [0.3, 0.4) is 0 Å². The summed E-state index contributed by atoms with van der Waals surface area (Å²) >= 11 is 0. The van der Waals surface area contributed by atoms with E-state index in [1.54, 1.807) is 0 Å². The molecule has 4 aromatic rings. The maximum Gasteiger partial charge on any atom is 0.339 e. The molecule has 0 saturated heterocycles. The lowest BCUT2D eigenvalue weighted by Crippen LogP contribution is -2.38. The number of hydrogen-bond acceptors (Lipinski definition) is 3. The fourth-order valence-corrected chi connectivity index (χ4v) is 7.77. The van der Waals surface area contributed by atoms with Crippen molar-refractivity contribution in [3.63, 3.8) is 0 Å². The van der Waals surface area contributed by atoms with Gasteiger partial charge in [-0.05, 0) is 48.5 Å². The van der Waals surface area contributed by atoms with E-state index in [-0.39, 0.29) is 0 Å². The molecule has 0 fully saturated rings. The van der Waals surface area contributed by atoms with Crippen LogP contribution in [0.5, 0.6) is 0 Å². The molecule has 0 saturated carbocycles. The van der Waals surface area contributed by atoms with Gasteiger partial charge in [-0.25, -0.2) is 0 Å². The molecule has 0 amide bonds. The minimum atomic E-state index is -2.42. The third-order valence-corrected chi connectivity index (χ3v) is 8.86. The van der Waals surface area contributed by atoms with Crippen molar-refractivity contribution in [1.82, 2.24) is 0 Å². The Morgan fingerprint density at radius 1 is 0.448 bits per heavy atom. The lowest BCUT2D eigenvalue weighted by atomic mass is 10.3. The maximum absolute atomic E-state index is 8.64. The van der Waals surface area contributed by atoms with Crippen LogP contribution >= 0.6 is 7.26 Å². The van der Waals surface area contributed by atoms with Gasteiger partial charge >= 0.3 is 7.32 Å². The normalized spacial score (nSPS) is 10.6. The van der Waals surface area contributed by atoms with Gasteiger partial charge in [0.25, 0.3) is 0 Å². The van der Waals surface area contributed by atoms with Gasteiger partial charge < -0.3 is 15.1 Å². The van der Waals surface area contributed by atoms with E-state index in [2.05, 4.69) is 121 Å². The fraction of sp³-hybridized carbons (Fsp3) is 0. The van der Waals surface area contributed by atoms with Crippen LogP contribution in [0.4, 0.5) is 0 Å². The van der Waals surface area contributed by atoms with E-state index in [1.165, 1.54) is 21.2 Å². The Kier molecular flexibility index (Phi) is 7.34. The monoisotopic (exact) mass is 400 g/mol. The van der Waals surface area contributed by atoms with E-state index in [9.17, 15) is 0 Å². The molecule has 4 aromatic carbocycles. The Balaban J connectivity index is 0.000000552. The van der Waals surface area contributed by atoms with Crippen LogP contribution in [0.25, 0.3) is 0 Å². The quantitative estimate of drug-likeness (QED) is 0.404. The van der Waals surface area contributed by atoms with E-state index in [4.69, 9.17) is 15.1 Å². The van der Waals surface area contributed by atoms with Crippen LogP contribution in [0, 0.1) is 0 Å². The Morgan fingerprint density at radius 2 is 0.621 bits per heavy atom. The second-order valence-corrected chi connectivity index (χ2v) is 9.75. The number of benzene rings is 4. The zero-order valence-electron chi connectivity index (χ0n) is 15.9. The van der Waals surface area contributed by atoms with Crippen LogP contribution in [0.1, 0.15) is 0 Å². The molecular formula is C24H22BO3P. The molecule has 4 rings (SSSR count). The van der Waals surface area contributed by atoms with E-state index in [0.717, 1.165) is 0 Å². The molecule has 2 N–H and O–H groups in total. The molecule has 0 aliphatic rings. The highest BCUT2D eigenvalue weighted by molar-refractivity contribution is 8.01. The molecule has 0 aliphatic carbocycles. The maximum atomic E-state index is 8.64. The molecule has 29 heavy (non-hydrogen) atoms. The number of rotatable bonds is 4. The lowest BCUT2D eigenvalue weighted by Gasteiger charge is -2.27. The molecule has 0 unspecified atom stereocenters. The van der Waals surface area contributed by atoms with Crippen LogP contribution in [-0.4, -0.2) is 17.4 Å². The predicted molar refractivity (Wildman–Crippen MR) is 121 cm³/mol. The molecule has 0 heterocycles. The van der Waals surface area contributed by atoms with E-state index >= 15 is 0 Å². The second-order valence-electron chi connectivity index (χ2n) is 6.34. The molecule has 0 spiro atoms. The molecule has 5 heteroatoms. The molecule has 0 radical (unpaired) electrons. The first kappa shape index (κ1) is 21.0. The third-order valence-electron chi connectivity index (χ3n) is 4.57. The first-order valence-corrected chi connectivity index (χ1v) is 11.1. The second kappa shape index (κ2) is 10.2. The summed E-state index contributed by atoms with van der Waals surface area (Å²) in [7, 11) is -4.32. The summed E-state index contributed by atoms with van der Waals surface area (Å²) in [6.07, 6.45) is 0. The van der Waals surface area contributed by atoms with Crippen molar-refractivity contribution < 1.29 is 15.1 Å². The summed E-state index contributed by atoms with van der Waals surface area (Å²) in [5.74, 6) is 0. The predicted octanol–water partition coefficient (Wildman–Crippen LogP) is 1.62. The minimum absolute atomic E-state index is 1.39. The third kappa shape index (κ3) is 4.82. The Bertz CT molecular complexity index is 815. The lowest BCUT2D eigenvalue weighted by molar-refractivity contribution is -0.242. The standard InChI is InChI=1S/C24H20P.BH2O3/c1-5-13-21(14-6-1)25(22-15-7-2-8-16-22,23-17-9-3-10-18-23)24-19-11-4-12-20-24;2-1(3)4/h1-20H;2-3H/q+1;-1. The Morgan fingerprint density at radius 3 is 0.793 bits per heavy atom. The van der Waals surface area contributed by atoms with Crippen molar-refractivity contribution in [2.45, 2.75) is 0 Å². The zero-order valence-corrected chi connectivity index (χ0v) is 16.8. The summed E-state index contributed by atoms with van der Waals surface area (Å²) < 4.78 is 0. The van der Waals surface area contributed by atoms with Gasteiger partial charge in [-0.3, -0.25) is 0 Å². The topological polar surface area (TPSA) is 63.5 Å². The molecular weight excluding hydrogens is 378 g/mol. The molecule has 0 aromatic heterocycles. The van der Waals surface area contributed by atoms with Crippen molar-refractivity contribution in [3.8, 4) is 0 Å².